The minimum Gasteiger partial charge on any atom is -0.311 e. The maximum atomic E-state index is 6.04. The molecule has 100 valence electrons. The third-order valence-corrected chi connectivity index (χ3v) is 4.69. The summed E-state index contributed by atoms with van der Waals surface area (Å²) in [7, 11) is 0. The van der Waals surface area contributed by atoms with Crippen LogP contribution in [0.5, 0.6) is 0 Å². The van der Waals surface area contributed by atoms with Gasteiger partial charge in [-0.15, -0.1) is 0 Å². The van der Waals surface area contributed by atoms with E-state index in [1.165, 1.54) is 24.8 Å². The molecule has 1 N–H and O–H groups in total. The molecule has 1 aromatic rings. The van der Waals surface area contributed by atoms with Gasteiger partial charge < -0.3 is 5.32 Å². The Bertz CT molecular complexity index is 384. The van der Waals surface area contributed by atoms with Gasteiger partial charge in [-0.05, 0) is 49.3 Å². The zero-order valence-electron chi connectivity index (χ0n) is 11.6. The van der Waals surface area contributed by atoms with Crippen LogP contribution in [0.1, 0.15) is 51.5 Å². The lowest BCUT2D eigenvalue weighted by Gasteiger charge is -2.39. The fraction of sp³-hybridized carbons (Fsp3) is 0.625. The second-order valence-corrected chi connectivity index (χ2v) is 6.20. The molecule has 0 spiro atoms. The van der Waals surface area contributed by atoms with Crippen molar-refractivity contribution in [2.75, 3.05) is 0 Å². The van der Waals surface area contributed by atoms with Crippen molar-refractivity contribution in [2.45, 2.75) is 58.0 Å². The van der Waals surface area contributed by atoms with E-state index in [4.69, 9.17) is 11.6 Å². The second-order valence-electron chi connectivity index (χ2n) is 5.76. The highest BCUT2D eigenvalue weighted by atomic mass is 35.5. The molecule has 18 heavy (non-hydrogen) atoms. The van der Waals surface area contributed by atoms with E-state index in [9.17, 15) is 0 Å². The third kappa shape index (κ3) is 3.27. The van der Waals surface area contributed by atoms with Crippen molar-refractivity contribution in [3.63, 3.8) is 0 Å². The second kappa shape index (κ2) is 6.08. The number of hydrogen-bond acceptors (Lipinski definition) is 1. The molecule has 1 nitrogen and oxygen atoms in total. The largest absolute Gasteiger partial charge is 0.311 e. The molecular weight excluding hydrogens is 242 g/mol. The molecule has 0 saturated heterocycles. The molecule has 1 aliphatic carbocycles. The van der Waals surface area contributed by atoms with Gasteiger partial charge in [-0.3, -0.25) is 0 Å². The van der Waals surface area contributed by atoms with E-state index in [1.807, 2.05) is 6.07 Å². The Balaban J connectivity index is 1.80. The Hall–Kier alpha value is -0.530. The zero-order valence-corrected chi connectivity index (χ0v) is 12.4. The molecule has 1 aliphatic rings. The van der Waals surface area contributed by atoms with Crippen LogP contribution in [0.4, 0.5) is 0 Å². The van der Waals surface area contributed by atoms with E-state index in [2.05, 4.69) is 44.3 Å². The van der Waals surface area contributed by atoms with Crippen LogP contribution >= 0.6 is 11.6 Å². The van der Waals surface area contributed by atoms with Crippen LogP contribution in [0.15, 0.2) is 24.3 Å². The number of rotatable bonds is 5. The predicted molar refractivity (Wildman–Crippen MR) is 79.3 cm³/mol. The highest BCUT2D eigenvalue weighted by Gasteiger charge is 2.31. The minimum absolute atomic E-state index is 0.625. The normalized spacial score (nSPS) is 26.4. The van der Waals surface area contributed by atoms with E-state index in [0.29, 0.717) is 18.0 Å². The van der Waals surface area contributed by atoms with Crippen LogP contribution in [0, 0.1) is 5.92 Å². The molecule has 2 unspecified atom stereocenters. The Morgan fingerprint density at radius 1 is 1.33 bits per heavy atom. The monoisotopic (exact) mass is 265 g/mol. The summed E-state index contributed by atoms with van der Waals surface area (Å²) < 4.78 is 0. The number of halogens is 1. The van der Waals surface area contributed by atoms with Gasteiger partial charge in [0.15, 0.2) is 0 Å². The summed E-state index contributed by atoms with van der Waals surface area (Å²) >= 11 is 6.04. The molecule has 2 heteroatoms. The van der Waals surface area contributed by atoms with Gasteiger partial charge in [-0.25, -0.2) is 0 Å². The maximum absolute atomic E-state index is 6.04. The van der Waals surface area contributed by atoms with Crippen molar-refractivity contribution >= 4 is 11.6 Å². The van der Waals surface area contributed by atoms with Crippen LogP contribution in [0.25, 0.3) is 0 Å². The Morgan fingerprint density at radius 3 is 2.67 bits per heavy atom. The van der Waals surface area contributed by atoms with E-state index >= 15 is 0 Å². The van der Waals surface area contributed by atoms with E-state index < -0.39 is 0 Å². The number of nitrogens with one attached hydrogen (secondary N) is 1. The molecule has 0 heterocycles. The quantitative estimate of drug-likeness (QED) is 0.820. The zero-order chi connectivity index (χ0) is 13.1. The smallest absolute Gasteiger partial charge is 0.0408 e. The van der Waals surface area contributed by atoms with Crippen LogP contribution in [-0.2, 0) is 0 Å². The average molecular weight is 266 g/mol. The molecule has 2 atom stereocenters. The Kier molecular flexibility index (Phi) is 4.69. The first kappa shape index (κ1) is 13.9. The maximum Gasteiger partial charge on any atom is 0.0408 e. The molecular formula is C16H24ClN. The molecule has 0 aliphatic heterocycles. The standard InChI is InChI=1S/C16H24ClN/c1-4-11(2)12(3)18-16-9-14(10-16)13-6-5-7-15(17)8-13/h5-8,11-12,14,16,18H,4,9-10H2,1-3H3. The highest BCUT2D eigenvalue weighted by Crippen LogP contribution is 2.38. The van der Waals surface area contributed by atoms with Gasteiger partial charge in [0, 0.05) is 17.1 Å². The van der Waals surface area contributed by atoms with Gasteiger partial charge in [0.2, 0.25) is 0 Å². The van der Waals surface area contributed by atoms with Crippen molar-refractivity contribution in [3.05, 3.63) is 34.9 Å². The summed E-state index contributed by atoms with van der Waals surface area (Å²) in [6.45, 7) is 6.89. The van der Waals surface area contributed by atoms with Gasteiger partial charge in [0.05, 0.1) is 0 Å². The van der Waals surface area contributed by atoms with E-state index in [0.717, 1.165) is 10.9 Å². The summed E-state index contributed by atoms with van der Waals surface area (Å²) in [5.74, 6) is 1.46. The molecule has 2 rings (SSSR count). The van der Waals surface area contributed by atoms with Gasteiger partial charge in [-0.2, -0.15) is 0 Å². The lowest BCUT2D eigenvalue weighted by Crippen LogP contribution is -2.46. The summed E-state index contributed by atoms with van der Waals surface area (Å²) in [6, 6.07) is 9.63. The summed E-state index contributed by atoms with van der Waals surface area (Å²) in [6.07, 6.45) is 3.75. The van der Waals surface area contributed by atoms with Crippen molar-refractivity contribution in [1.82, 2.24) is 5.32 Å². The highest BCUT2D eigenvalue weighted by molar-refractivity contribution is 6.30. The average Bonchev–Trinajstić information content (AvgIpc) is 2.31. The fourth-order valence-electron chi connectivity index (χ4n) is 2.68. The van der Waals surface area contributed by atoms with Gasteiger partial charge in [0.1, 0.15) is 0 Å². The summed E-state index contributed by atoms with van der Waals surface area (Å²) in [5, 5.41) is 4.61. The fourth-order valence-corrected chi connectivity index (χ4v) is 2.87. The van der Waals surface area contributed by atoms with Crippen LogP contribution in [0.3, 0.4) is 0 Å². The SMILES string of the molecule is CCC(C)C(C)NC1CC(c2cccc(Cl)c2)C1. The van der Waals surface area contributed by atoms with Crippen LogP contribution in [0.2, 0.25) is 5.02 Å². The van der Waals surface area contributed by atoms with Crippen LogP contribution < -0.4 is 5.32 Å². The Labute approximate surface area is 116 Å². The minimum atomic E-state index is 0.625. The number of benzene rings is 1. The molecule has 1 saturated carbocycles. The number of hydrogen-bond donors (Lipinski definition) is 1. The van der Waals surface area contributed by atoms with Gasteiger partial charge in [0.25, 0.3) is 0 Å². The van der Waals surface area contributed by atoms with Crippen molar-refractivity contribution < 1.29 is 0 Å². The lowest BCUT2D eigenvalue weighted by molar-refractivity contribution is 0.241. The summed E-state index contributed by atoms with van der Waals surface area (Å²) in [5.41, 5.74) is 1.40. The first-order chi connectivity index (χ1) is 8.60. The Morgan fingerprint density at radius 2 is 2.06 bits per heavy atom. The van der Waals surface area contributed by atoms with Gasteiger partial charge in [-0.1, -0.05) is 44.0 Å². The molecule has 0 radical (unpaired) electrons. The summed E-state index contributed by atoms with van der Waals surface area (Å²) in [4.78, 5) is 0. The van der Waals surface area contributed by atoms with E-state index in [1.54, 1.807) is 0 Å². The first-order valence-corrected chi connectivity index (χ1v) is 7.49. The molecule has 0 amide bonds. The van der Waals surface area contributed by atoms with E-state index in [-0.39, 0.29) is 0 Å². The molecule has 0 aromatic heterocycles. The topological polar surface area (TPSA) is 12.0 Å². The molecule has 1 aromatic carbocycles. The third-order valence-electron chi connectivity index (χ3n) is 4.45. The first-order valence-electron chi connectivity index (χ1n) is 7.11. The van der Waals surface area contributed by atoms with Gasteiger partial charge >= 0.3 is 0 Å². The van der Waals surface area contributed by atoms with Crippen molar-refractivity contribution in [2.24, 2.45) is 5.92 Å². The molecule has 1 fully saturated rings. The van der Waals surface area contributed by atoms with Crippen LogP contribution in [-0.4, -0.2) is 12.1 Å². The predicted octanol–water partition coefficient (Wildman–Crippen LogP) is 4.61. The van der Waals surface area contributed by atoms with Crippen molar-refractivity contribution in [1.29, 1.82) is 0 Å². The lowest BCUT2D eigenvalue weighted by atomic mass is 9.75. The van der Waals surface area contributed by atoms with Crippen molar-refractivity contribution in [3.8, 4) is 0 Å². The molecule has 0 bridgehead atoms.